The lowest BCUT2D eigenvalue weighted by molar-refractivity contribution is -0.385. The monoisotopic (exact) mass is 264 g/mol. The van der Waals surface area contributed by atoms with Gasteiger partial charge < -0.3 is 10.2 Å². The molecule has 2 heterocycles. The maximum absolute atomic E-state index is 10.8. The number of hydrogen-bond donors (Lipinski definition) is 1. The number of anilines is 1. The zero-order valence-corrected chi connectivity index (χ0v) is 11.4. The molecule has 1 aromatic rings. The first-order chi connectivity index (χ1) is 9.13. The molecule has 0 spiro atoms. The molecule has 2 rings (SSSR count). The van der Waals surface area contributed by atoms with Crippen molar-refractivity contribution in [3.05, 3.63) is 27.9 Å². The van der Waals surface area contributed by atoms with Crippen LogP contribution in [0.15, 0.2) is 12.1 Å². The van der Waals surface area contributed by atoms with Crippen LogP contribution < -0.4 is 10.2 Å². The van der Waals surface area contributed by atoms with Crippen molar-refractivity contribution in [3.63, 3.8) is 0 Å². The van der Waals surface area contributed by atoms with Gasteiger partial charge in [-0.25, -0.2) is 4.98 Å². The van der Waals surface area contributed by atoms with E-state index in [0.717, 1.165) is 38.3 Å². The molecule has 1 aliphatic heterocycles. The Morgan fingerprint density at radius 2 is 2.37 bits per heavy atom. The van der Waals surface area contributed by atoms with Crippen LogP contribution in [0, 0.1) is 17.0 Å². The molecule has 104 valence electrons. The molecule has 1 aromatic heterocycles. The minimum atomic E-state index is -0.384. The van der Waals surface area contributed by atoms with Crippen LogP contribution >= 0.6 is 0 Å². The van der Waals surface area contributed by atoms with Gasteiger partial charge in [-0.1, -0.05) is 0 Å². The predicted octanol–water partition coefficient (Wildman–Crippen LogP) is 1.88. The van der Waals surface area contributed by atoms with Crippen LogP contribution in [0.4, 0.5) is 11.5 Å². The Morgan fingerprint density at radius 3 is 2.89 bits per heavy atom. The topological polar surface area (TPSA) is 71.3 Å². The molecule has 0 aliphatic carbocycles. The Balaban J connectivity index is 2.23. The van der Waals surface area contributed by atoms with E-state index in [4.69, 9.17) is 0 Å². The lowest BCUT2D eigenvalue weighted by atomic mass is 10.1. The molecule has 0 aromatic carbocycles. The van der Waals surface area contributed by atoms with E-state index in [2.05, 4.69) is 22.1 Å². The van der Waals surface area contributed by atoms with Gasteiger partial charge in [0.15, 0.2) is 0 Å². The molecule has 0 radical (unpaired) electrons. The summed E-state index contributed by atoms with van der Waals surface area (Å²) in [4.78, 5) is 17.1. The molecule has 0 saturated carbocycles. The first-order valence-electron chi connectivity index (χ1n) is 6.73. The third-order valence-electron chi connectivity index (χ3n) is 3.59. The Morgan fingerprint density at radius 1 is 1.58 bits per heavy atom. The summed E-state index contributed by atoms with van der Waals surface area (Å²) >= 11 is 0. The van der Waals surface area contributed by atoms with Gasteiger partial charge in [0.05, 0.1) is 4.92 Å². The lowest BCUT2D eigenvalue weighted by Crippen LogP contribution is -2.46. The first kappa shape index (κ1) is 13.7. The van der Waals surface area contributed by atoms with Crippen LogP contribution in [0.2, 0.25) is 0 Å². The number of nitrogens with one attached hydrogen (secondary N) is 1. The van der Waals surface area contributed by atoms with E-state index in [9.17, 15) is 10.1 Å². The van der Waals surface area contributed by atoms with Gasteiger partial charge in [-0.15, -0.1) is 0 Å². The van der Waals surface area contributed by atoms with Crippen molar-refractivity contribution in [2.75, 3.05) is 24.5 Å². The molecule has 1 saturated heterocycles. The summed E-state index contributed by atoms with van der Waals surface area (Å²) in [5, 5.41) is 14.2. The molecule has 6 heteroatoms. The third-order valence-corrected chi connectivity index (χ3v) is 3.59. The number of rotatable bonds is 4. The van der Waals surface area contributed by atoms with Gasteiger partial charge in [-0.2, -0.15) is 0 Å². The van der Waals surface area contributed by atoms with Crippen LogP contribution in [0.3, 0.4) is 0 Å². The lowest BCUT2D eigenvalue weighted by Gasteiger charge is -2.34. The maximum atomic E-state index is 10.8. The molecular weight excluding hydrogens is 244 g/mol. The summed E-state index contributed by atoms with van der Waals surface area (Å²) in [6, 6.07) is 3.73. The zero-order valence-electron chi connectivity index (χ0n) is 11.4. The molecule has 0 amide bonds. The second-order valence-corrected chi connectivity index (χ2v) is 4.82. The van der Waals surface area contributed by atoms with Crippen LogP contribution in [-0.4, -0.2) is 35.6 Å². The maximum Gasteiger partial charge on any atom is 0.290 e. The molecule has 1 N–H and O–H groups in total. The van der Waals surface area contributed by atoms with Crippen LogP contribution in [-0.2, 0) is 0 Å². The van der Waals surface area contributed by atoms with Gasteiger partial charge in [-0.05, 0) is 39.3 Å². The summed E-state index contributed by atoms with van der Waals surface area (Å²) in [5.41, 5.74) is 0.561. The van der Waals surface area contributed by atoms with Crippen molar-refractivity contribution in [2.24, 2.45) is 0 Å². The smallest absolute Gasteiger partial charge is 0.290 e. The van der Waals surface area contributed by atoms with Gasteiger partial charge >= 0.3 is 0 Å². The number of aryl methyl sites for hydroxylation is 1. The largest absolute Gasteiger partial charge is 0.353 e. The Labute approximate surface area is 113 Å². The summed E-state index contributed by atoms with van der Waals surface area (Å²) in [6.45, 7) is 6.66. The number of aromatic nitrogens is 1. The molecule has 0 bridgehead atoms. The second kappa shape index (κ2) is 5.97. The Bertz CT molecular complexity index is 458. The molecule has 1 fully saturated rings. The normalized spacial score (nSPS) is 19.2. The van der Waals surface area contributed by atoms with Crippen molar-refractivity contribution in [1.29, 1.82) is 0 Å². The number of hydrogen-bond acceptors (Lipinski definition) is 5. The van der Waals surface area contributed by atoms with E-state index in [-0.39, 0.29) is 10.6 Å². The fraction of sp³-hybridized carbons (Fsp3) is 0.615. The number of nitro groups is 1. The first-order valence-corrected chi connectivity index (χ1v) is 6.73. The van der Waals surface area contributed by atoms with Crippen LogP contribution in [0.1, 0.15) is 25.5 Å². The minimum Gasteiger partial charge on any atom is -0.353 e. The molecule has 19 heavy (non-hydrogen) atoms. The highest BCUT2D eigenvalue weighted by atomic mass is 16.6. The van der Waals surface area contributed by atoms with E-state index in [0.29, 0.717) is 11.7 Å². The second-order valence-electron chi connectivity index (χ2n) is 4.82. The summed E-state index contributed by atoms with van der Waals surface area (Å²) in [6.07, 6.45) is 2.30. The highest BCUT2D eigenvalue weighted by Gasteiger charge is 2.22. The molecule has 1 atom stereocenters. The average Bonchev–Trinajstić information content (AvgIpc) is 2.40. The van der Waals surface area contributed by atoms with Crippen molar-refractivity contribution in [2.45, 2.75) is 32.7 Å². The average molecular weight is 264 g/mol. The highest BCUT2D eigenvalue weighted by Crippen LogP contribution is 2.23. The van der Waals surface area contributed by atoms with E-state index in [1.54, 1.807) is 19.1 Å². The van der Waals surface area contributed by atoms with E-state index in [1.165, 1.54) is 0 Å². The van der Waals surface area contributed by atoms with E-state index >= 15 is 0 Å². The molecule has 1 aliphatic rings. The van der Waals surface area contributed by atoms with E-state index in [1.807, 2.05) is 0 Å². The van der Waals surface area contributed by atoms with Gasteiger partial charge in [0.25, 0.3) is 5.69 Å². The predicted molar refractivity (Wildman–Crippen MR) is 74.5 cm³/mol. The van der Waals surface area contributed by atoms with Crippen molar-refractivity contribution in [3.8, 4) is 0 Å². The Hall–Kier alpha value is -1.69. The number of likely N-dealkylation sites (N-methyl/N-ethyl adjacent to an activating group) is 1. The zero-order chi connectivity index (χ0) is 13.8. The van der Waals surface area contributed by atoms with Crippen molar-refractivity contribution in [1.82, 2.24) is 10.3 Å². The third kappa shape index (κ3) is 3.01. The van der Waals surface area contributed by atoms with Crippen LogP contribution in [0.5, 0.6) is 0 Å². The quantitative estimate of drug-likeness (QED) is 0.664. The van der Waals surface area contributed by atoms with Crippen molar-refractivity contribution >= 4 is 11.5 Å². The summed E-state index contributed by atoms with van der Waals surface area (Å²) in [5.74, 6) is 0.833. The number of pyridine rings is 1. The van der Waals surface area contributed by atoms with Gasteiger partial charge in [0, 0.05) is 25.2 Å². The fourth-order valence-corrected chi connectivity index (χ4v) is 2.60. The summed E-state index contributed by atoms with van der Waals surface area (Å²) in [7, 11) is 0. The minimum absolute atomic E-state index is 0.0848. The molecule has 6 nitrogen and oxygen atoms in total. The number of piperidine rings is 1. The number of nitrogens with zero attached hydrogens (tertiary/aromatic N) is 3. The standard InChI is InChI=1S/C13H20N4O2/c1-3-16(11-5-4-8-14-9-11)13-7-6-12(17(18)19)10(2)15-13/h6-7,11,14H,3-5,8-9H2,1-2H3. The van der Waals surface area contributed by atoms with Crippen molar-refractivity contribution < 1.29 is 4.92 Å². The highest BCUT2D eigenvalue weighted by molar-refractivity contribution is 5.47. The van der Waals surface area contributed by atoms with Crippen LogP contribution in [0.25, 0.3) is 0 Å². The molecule has 1 unspecified atom stereocenters. The van der Waals surface area contributed by atoms with Gasteiger partial charge in [-0.3, -0.25) is 10.1 Å². The SMILES string of the molecule is CCN(c1ccc([N+](=O)[O-])c(C)n1)C1CCCNC1. The fourth-order valence-electron chi connectivity index (χ4n) is 2.60. The summed E-state index contributed by atoms with van der Waals surface area (Å²) < 4.78 is 0. The van der Waals surface area contributed by atoms with Gasteiger partial charge in [0.2, 0.25) is 0 Å². The Kier molecular flexibility index (Phi) is 4.31. The van der Waals surface area contributed by atoms with E-state index < -0.39 is 0 Å². The molecular formula is C13H20N4O2. The van der Waals surface area contributed by atoms with Gasteiger partial charge in [0.1, 0.15) is 11.5 Å².